The van der Waals surface area contributed by atoms with Crippen molar-refractivity contribution in [3.63, 3.8) is 0 Å². The molecule has 1 aromatic heterocycles. The van der Waals surface area contributed by atoms with Crippen molar-refractivity contribution in [2.45, 2.75) is 19.3 Å². The molecule has 1 saturated carbocycles. The highest BCUT2D eigenvalue weighted by Crippen LogP contribution is 2.38. The van der Waals surface area contributed by atoms with Gasteiger partial charge in [-0.25, -0.2) is 0 Å². The normalized spacial score (nSPS) is 15.1. The molecule has 0 saturated heterocycles. The van der Waals surface area contributed by atoms with Crippen LogP contribution in [0.4, 0.5) is 5.82 Å². The molecule has 0 atom stereocenters. The van der Waals surface area contributed by atoms with Crippen molar-refractivity contribution in [3.8, 4) is 11.1 Å². The predicted molar refractivity (Wildman–Crippen MR) is 67.8 cm³/mol. The fraction of sp³-hybridized carbons (Fsp3) is 0.308. The lowest BCUT2D eigenvalue weighted by Gasteiger charge is -2.02. The average molecular weight is 249 g/mol. The van der Waals surface area contributed by atoms with Crippen LogP contribution in [0.3, 0.4) is 0 Å². The summed E-state index contributed by atoms with van der Waals surface area (Å²) in [5.41, 5.74) is 7.81. The van der Waals surface area contributed by atoms with Gasteiger partial charge in [-0.2, -0.15) is 0 Å². The van der Waals surface area contributed by atoms with Crippen molar-refractivity contribution < 1.29 is 4.52 Å². The molecule has 1 heterocycles. The fourth-order valence-corrected chi connectivity index (χ4v) is 2.11. The molecule has 3 rings (SSSR count). The Labute approximate surface area is 105 Å². The third-order valence-corrected chi connectivity index (χ3v) is 3.35. The lowest BCUT2D eigenvalue weighted by Crippen LogP contribution is -1.91. The number of aromatic nitrogens is 1. The van der Waals surface area contributed by atoms with Crippen LogP contribution in [0.15, 0.2) is 28.8 Å². The van der Waals surface area contributed by atoms with E-state index in [1.54, 1.807) is 0 Å². The first-order chi connectivity index (χ1) is 8.24. The van der Waals surface area contributed by atoms with E-state index in [4.69, 9.17) is 21.9 Å². The van der Waals surface area contributed by atoms with Crippen molar-refractivity contribution in [3.05, 3.63) is 35.0 Å². The molecule has 0 spiro atoms. The van der Waals surface area contributed by atoms with Crippen LogP contribution >= 0.6 is 11.6 Å². The maximum Gasteiger partial charge on any atom is 0.175 e. The second-order valence-electron chi connectivity index (χ2n) is 4.52. The zero-order chi connectivity index (χ0) is 11.8. The van der Waals surface area contributed by atoms with E-state index in [-0.39, 0.29) is 0 Å². The summed E-state index contributed by atoms with van der Waals surface area (Å²) in [5, 5.41) is 4.58. The van der Waals surface area contributed by atoms with Gasteiger partial charge >= 0.3 is 0 Å². The number of anilines is 1. The van der Waals surface area contributed by atoms with Crippen molar-refractivity contribution >= 4 is 17.4 Å². The summed E-state index contributed by atoms with van der Waals surface area (Å²) in [6.07, 6.45) is 3.49. The molecule has 4 heteroatoms. The van der Waals surface area contributed by atoms with Gasteiger partial charge in [-0.05, 0) is 36.5 Å². The average Bonchev–Trinajstić information content (AvgIpc) is 3.05. The number of rotatable bonds is 3. The molecule has 2 N–H and O–H groups in total. The first-order valence-electron chi connectivity index (χ1n) is 5.74. The molecular weight excluding hydrogens is 236 g/mol. The highest BCUT2D eigenvalue weighted by Gasteiger charge is 2.26. The van der Waals surface area contributed by atoms with Crippen LogP contribution in [0, 0.1) is 5.92 Å². The number of nitrogens with zero attached hydrogens (tertiary/aromatic N) is 1. The molecule has 3 nitrogen and oxygen atoms in total. The molecule has 17 heavy (non-hydrogen) atoms. The largest absolute Gasteiger partial charge is 0.380 e. The highest BCUT2D eigenvalue weighted by molar-refractivity contribution is 6.30. The standard InChI is InChI=1S/C13H13ClN2O/c14-10-5-3-9(4-6-10)12-11(7-8-1-2-8)17-16-13(12)15/h3-6,8H,1-2,7H2,(H2,15,16). The summed E-state index contributed by atoms with van der Waals surface area (Å²) in [4.78, 5) is 0. The lowest BCUT2D eigenvalue weighted by molar-refractivity contribution is 0.381. The van der Waals surface area contributed by atoms with Crippen LogP contribution in [0.1, 0.15) is 18.6 Å². The number of nitrogens with two attached hydrogens (primary N) is 1. The smallest absolute Gasteiger partial charge is 0.175 e. The summed E-state index contributed by atoms with van der Waals surface area (Å²) >= 11 is 5.88. The summed E-state index contributed by atoms with van der Waals surface area (Å²) in [7, 11) is 0. The topological polar surface area (TPSA) is 52.0 Å². The number of hydrogen-bond acceptors (Lipinski definition) is 3. The van der Waals surface area contributed by atoms with E-state index in [1.807, 2.05) is 24.3 Å². The Bertz CT molecular complexity index is 529. The minimum Gasteiger partial charge on any atom is -0.380 e. The van der Waals surface area contributed by atoms with Crippen molar-refractivity contribution in [1.82, 2.24) is 5.16 Å². The van der Waals surface area contributed by atoms with Gasteiger partial charge in [-0.15, -0.1) is 0 Å². The third kappa shape index (κ3) is 2.15. The van der Waals surface area contributed by atoms with Gasteiger partial charge in [0.25, 0.3) is 0 Å². The third-order valence-electron chi connectivity index (χ3n) is 3.09. The second kappa shape index (κ2) is 4.08. The lowest BCUT2D eigenvalue weighted by atomic mass is 10.0. The Hall–Kier alpha value is -1.48. The van der Waals surface area contributed by atoms with Crippen LogP contribution in [-0.4, -0.2) is 5.16 Å². The van der Waals surface area contributed by atoms with E-state index in [1.165, 1.54) is 12.8 Å². The summed E-state index contributed by atoms with van der Waals surface area (Å²) in [5.74, 6) is 2.10. The van der Waals surface area contributed by atoms with Gasteiger partial charge in [0.2, 0.25) is 0 Å². The van der Waals surface area contributed by atoms with Crippen LogP contribution in [0.5, 0.6) is 0 Å². The molecule has 0 aliphatic heterocycles. The maximum atomic E-state index is 5.88. The van der Waals surface area contributed by atoms with Gasteiger partial charge in [-0.1, -0.05) is 28.9 Å². The Morgan fingerprint density at radius 2 is 2.00 bits per heavy atom. The SMILES string of the molecule is Nc1noc(CC2CC2)c1-c1ccc(Cl)cc1. The van der Waals surface area contributed by atoms with E-state index in [0.29, 0.717) is 10.8 Å². The molecule has 0 bridgehead atoms. The fourth-order valence-electron chi connectivity index (χ4n) is 1.99. The Morgan fingerprint density at radius 1 is 1.29 bits per heavy atom. The van der Waals surface area contributed by atoms with Crippen LogP contribution < -0.4 is 5.73 Å². The Kier molecular flexibility index (Phi) is 2.56. The van der Waals surface area contributed by atoms with E-state index >= 15 is 0 Å². The molecule has 2 aromatic rings. The van der Waals surface area contributed by atoms with Crippen molar-refractivity contribution in [1.29, 1.82) is 0 Å². The molecule has 1 fully saturated rings. The van der Waals surface area contributed by atoms with Crippen LogP contribution in [0.25, 0.3) is 11.1 Å². The van der Waals surface area contributed by atoms with E-state index in [9.17, 15) is 0 Å². The zero-order valence-electron chi connectivity index (χ0n) is 9.32. The molecular formula is C13H13ClN2O. The summed E-state index contributed by atoms with van der Waals surface area (Å²) < 4.78 is 5.32. The van der Waals surface area contributed by atoms with Gasteiger partial charge in [0.15, 0.2) is 5.82 Å². The number of hydrogen-bond donors (Lipinski definition) is 1. The second-order valence-corrected chi connectivity index (χ2v) is 4.96. The van der Waals surface area contributed by atoms with Gasteiger partial charge in [0.1, 0.15) is 5.76 Å². The van der Waals surface area contributed by atoms with Crippen LogP contribution in [-0.2, 0) is 6.42 Å². The number of halogens is 1. The molecule has 0 unspecified atom stereocenters. The minimum absolute atomic E-state index is 0.461. The minimum atomic E-state index is 0.461. The Morgan fingerprint density at radius 3 is 2.65 bits per heavy atom. The molecule has 1 aliphatic carbocycles. The highest BCUT2D eigenvalue weighted by atomic mass is 35.5. The van der Waals surface area contributed by atoms with Gasteiger partial charge < -0.3 is 10.3 Å². The molecule has 1 aromatic carbocycles. The predicted octanol–water partition coefficient (Wildman–Crippen LogP) is 3.53. The van der Waals surface area contributed by atoms with Crippen LogP contribution in [0.2, 0.25) is 5.02 Å². The van der Waals surface area contributed by atoms with E-state index in [0.717, 1.165) is 29.2 Å². The van der Waals surface area contributed by atoms with E-state index in [2.05, 4.69) is 5.16 Å². The molecule has 0 amide bonds. The zero-order valence-corrected chi connectivity index (χ0v) is 10.1. The molecule has 1 aliphatic rings. The van der Waals surface area contributed by atoms with Crippen molar-refractivity contribution in [2.75, 3.05) is 5.73 Å². The maximum absolute atomic E-state index is 5.88. The summed E-state index contributed by atoms with van der Waals surface area (Å²) in [6.45, 7) is 0. The van der Waals surface area contributed by atoms with Gasteiger partial charge in [-0.3, -0.25) is 0 Å². The van der Waals surface area contributed by atoms with Crippen molar-refractivity contribution in [2.24, 2.45) is 5.92 Å². The first-order valence-corrected chi connectivity index (χ1v) is 6.12. The quantitative estimate of drug-likeness (QED) is 0.904. The molecule has 88 valence electrons. The molecule has 0 radical (unpaired) electrons. The summed E-state index contributed by atoms with van der Waals surface area (Å²) in [6, 6.07) is 7.59. The van der Waals surface area contributed by atoms with Gasteiger partial charge in [0, 0.05) is 11.4 Å². The van der Waals surface area contributed by atoms with Gasteiger partial charge in [0.05, 0.1) is 5.56 Å². The monoisotopic (exact) mass is 248 g/mol. The first kappa shape index (κ1) is 10.7. The van der Waals surface area contributed by atoms with E-state index < -0.39 is 0 Å². The number of nitrogen functional groups attached to an aromatic ring is 1. The Balaban J connectivity index is 1.99. The number of benzene rings is 1.